The predicted molar refractivity (Wildman–Crippen MR) is 107 cm³/mol. The number of ether oxygens (including phenoxy) is 1. The molecule has 29 heavy (non-hydrogen) atoms. The Morgan fingerprint density at radius 1 is 1.21 bits per heavy atom. The third kappa shape index (κ3) is 3.21. The first kappa shape index (κ1) is 18.9. The van der Waals surface area contributed by atoms with Gasteiger partial charge in [-0.2, -0.15) is 0 Å². The van der Waals surface area contributed by atoms with Crippen LogP contribution in [0.15, 0.2) is 47.5 Å². The molecule has 1 N–H and O–H groups in total. The standard InChI is InChI=1S/C21H16N2O5S/c1-28-16(25)11-29-15-7-14-18(19-17(15)13(10-24)8-22-19)21(27)23(20(14)26)9-12-5-3-2-4-6-12/h2-8,10,22H,9,11H2,1H3. The summed E-state index contributed by atoms with van der Waals surface area (Å²) in [6.07, 6.45) is 2.17. The highest BCUT2D eigenvalue weighted by atomic mass is 32.2. The molecule has 1 aromatic heterocycles. The van der Waals surface area contributed by atoms with Gasteiger partial charge in [0.25, 0.3) is 11.8 Å². The SMILES string of the molecule is COC(=O)CSc1cc2c(c3[nH]cc(C=O)c13)C(=O)N(Cc1ccccc1)C2=O. The Morgan fingerprint density at radius 3 is 2.66 bits per heavy atom. The van der Waals surface area contributed by atoms with Crippen molar-refractivity contribution in [3.63, 3.8) is 0 Å². The number of hydrogen-bond donors (Lipinski definition) is 1. The van der Waals surface area contributed by atoms with E-state index in [4.69, 9.17) is 0 Å². The molecule has 8 heteroatoms. The number of fused-ring (bicyclic) bond motifs is 3. The fraction of sp³-hybridized carbons (Fsp3) is 0.143. The van der Waals surface area contributed by atoms with E-state index in [1.807, 2.05) is 30.3 Å². The van der Waals surface area contributed by atoms with Crippen molar-refractivity contribution in [3.05, 3.63) is 64.8 Å². The minimum atomic E-state index is -0.431. The number of aldehydes is 1. The number of benzene rings is 2. The van der Waals surface area contributed by atoms with Crippen molar-refractivity contribution in [1.29, 1.82) is 0 Å². The monoisotopic (exact) mass is 408 g/mol. The van der Waals surface area contributed by atoms with Crippen LogP contribution in [0.5, 0.6) is 0 Å². The molecule has 0 aliphatic carbocycles. The smallest absolute Gasteiger partial charge is 0.315 e. The lowest BCUT2D eigenvalue weighted by Gasteiger charge is -2.13. The molecule has 2 heterocycles. The molecule has 1 aliphatic heterocycles. The van der Waals surface area contributed by atoms with Gasteiger partial charge in [-0.05, 0) is 11.6 Å². The molecular formula is C21H16N2O5S. The van der Waals surface area contributed by atoms with Crippen molar-refractivity contribution in [2.24, 2.45) is 0 Å². The van der Waals surface area contributed by atoms with E-state index < -0.39 is 17.8 Å². The zero-order valence-electron chi connectivity index (χ0n) is 15.4. The van der Waals surface area contributed by atoms with Gasteiger partial charge >= 0.3 is 5.97 Å². The first-order chi connectivity index (χ1) is 14.0. The summed E-state index contributed by atoms with van der Waals surface area (Å²) in [5, 5.41) is 0.523. The lowest BCUT2D eigenvalue weighted by molar-refractivity contribution is -0.137. The first-order valence-corrected chi connectivity index (χ1v) is 9.76. The Kier molecular flexibility index (Phi) is 4.94. The fourth-order valence-electron chi connectivity index (χ4n) is 3.39. The molecule has 0 atom stereocenters. The highest BCUT2D eigenvalue weighted by Gasteiger charge is 2.38. The van der Waals surface area contributed by atoms with Crippen LogP contribution in [-0.2, 0) is 16.1 Å². The highest BCUT2D eigenvalue weighted by Crippen LogP contribution is 2.38. The van der Waals surface area contributed by atoms with Gasteiger partial charge in [0, 0.05) is 22.0 Å². The van der Waals surface area contributed by atoms with E-state index in [1.54, 1.807) is 6.07 Å². The number of hydrogen-bond acceptors (Lipinski definition) is 6. The number of carbonyl (C=O) groups excluding carboxylic acids is 4. The highest BCUT2D eigenvalue weighted by molar-refractivity contribution is 8.00. The molecule has 3 aromatic rings. The van der Waals surface area contributed by atoms with Gasteiger partial charge < -0.3 is 9.72 Å². The van der Waals surface area contributed by atoms with Crippen LogP contribution in [0, 0.1) is 0 Å². The normalized spacial score (nSPS) is 13.1. The van der Waals surface area contributed by atoms with Crippen LogP contribution in [0.2, 0.25) is 0 Å². The van der Waals surface area contributed by atoms with E-state index in [1.165, 1.54) is 18.2 Å². The average molecular weight is 408 g/mol. The molecule has 7 nitrogen and oxygen atoms in total. The van der Waals surface area contributed by atoms with Crippen molar-refractivity contribution >= 4 is 46.7 Å². The van der Waals surface area contributed by atoms with E-state index in [-0.39, 0.29) is 23.4 Å². The number of aromatic nitrogens is 1. The molecule has 0 saturated carbocycles. The van der Waals surface area contributed by atoms with Crippen LogP contribution in [0.3, 0.4) is 0 Å². The van der Waals surface area contributed by atoms with Crippen LogP contribution in [-0.4, -0.2) is 46.8 Å². The van der Waals surface area contributed by atoms with E-state index in [0.29, 0.717) is 27.6 Å². The Morgan fingerprint density at radius 2 is 1.97 bits per heavy atom. The molecular weight excluding hydrogens is 392 g/mol. The number of amides is 2. The summed E-state index contributed by atoms with van der Waals surface area (Å²) < 4.78 is 4.67. The summed E-state index contributed by atoms with van der Waals surface area (Å²) in [6.45, 7) is 0.153. The van der Waals surface area contributed by atoms with Crippen molar-refractivity contribution in [3.8, 4) is 0 Å². The number of methoxy groups -OCH3 is 1. The minimum absolute atomic E-state index is 0.0176. The lowest BCUT2D eigenvalue weighted by atomic mass is 10.0. The summed E-state index contributed by atoms with van der Waals surface area (Å²) in [5.41, 5.74) is 2.11. The van der Waals surface area contributed by atoms with E-state index >= 15 is 0 Å². The van der Waals surface area contributed by atoms with E-state index in [9.17, 15) is 19.2 Å². The van der Waals surface area contributed by atoms with E-state index in [0.717, 1.165) is 17.3 Å². The Bertz CT molecular complexity index is 1150. The summed E-state index contributed by atoms with van der Waals surface area (Å²) in [4.78, 5) is 53.8. The summed E-state index contributed by atoms with van der Waals surface area (Å²) in [6, 6.07) is 10.8. The molecule has 0 spiro atoms. The second kappa shape index (κ2) is 7.56. The van der Waals surface area contributed by atoms with Gasteiger partial charge in [0.05, 0.1) is 36.1 Å². The van der Waals surface area contributed by atoms with E-state index in [2.05, 4.69) is 9.72 Å². The van der Waals surface area contributed by atoms with Crippen LogP contribution in [0.25, 0.3) is 10.9 Å². The Hall–Kier alpha value is -3.39. The number of carbonyl (C=O) groups is 4. The lowest BCUT2D eigenvalue weighted by Crippen LogP contribution is -2.29. The zero-order chi connectivity index (χ0) is 20.5. The molecule has 0 fully saturated rings. The van der Waals surface area contributed by atoms with Gasteiger partial charge in [-0.15, -0.1) is 11.8 Å². The van der Waals surface area contributed by atoms with Crippen molar-refractivity contribution in [2.75, 3.05) is 12.9 Å². The van der Waals surface area contributed by atoms with Gasteiger partial charge in [0.2, 0.25) is 0 Å². The summed E-state index contributed by atoms with van der Waals surface area (Å²) in [7, 11) is 1.29. The second-order valence-electron chi connectivity index (χ2n) is 6.46. The number of thioether (sulfide) groups is 1. The molecule has 0 unspecified atom stereocenters. The Balaban J connectivity index is 1.80. The number of nitrogens with zero attached hydrogens (tertiary/aromatic N) is 1. The van der Waals surface area contributed by atoms with Gasteiger partial charge in [0.1, 0.15) is 0 Å². The zero-order valence-corrected chi connectivity index (χ0v) is 16.2. The molecule has 1 aliphatic rings. The predicted octanol–water partition coefficient (Wildman–Crippen LogP) is 3.04. The number of nitrogens with one attached hydrogen (secondary N) is 1. The first-order valence-electron chi connectivity index (χ1n) is 8.78. The van der Waals surface area contributed by atoms with Crippen LogP contribution in [0.4, 0.5) is 0 Å². The number of esters is 1. The molecule has 4 rings (SSSR count). The fourth-order valence-corrected chi connectivity index (χ4v) is 4.34. The van der Waals surface area contributed by atoms with Gasteiger partial charge in [-0.3, -0.25) is 24.1 Å². The van der Waals surface area contributed by atoms with Crippen molar-refractivity contribution in [1.82, 2.24) is 9.88 Å². The van der Waals surface area contributed by atoms with Crippen LogP contribution < -0.4 is 0 Å². The number of H-pyrrole nitrogens is 1. The molecule has 2 amide bonds. The second-order valence-corrected chi connectivity index (χ2v) is 7.47. The van der Waals surface area contributed by atoms with Gasteiger partial charge in [0.15, 0.2) is 6.29 Å². The maximum atomic E-state index is 13.1. The third-order valence-corrected chi connectivity index (χ3v) is 5.78. The number of imide groups is 1. The Labute approximate surface area is 170 Å². The van der Waals surface area contributed by atoms with Crippen LogP contribution in [0.1, 0.15) is 36.6 Å². The third-order valence-electron chi connectivity index (χ3n) is 4.77. The van der Waals surface area contributed by atoms with Gasteiger partial charge in [-0.25, -0.2) is 0 Å². The van der Waals surface area contributed by atoms with Gasteiger partial charge in [-0.1, -0.05) is 30.3 Å². The average Bonchev–Trinajstić information content (AvgIpc) is 3.27. The summed E-state index contributed by atoms with van der Waals surface area (Å²) in [5.74, 6) is -1.23. The van der Waals surface area contributed by atoms with Crippen molar-refractivity contribution < 1.29 is 23.9 Å². The molecule has 146 valence electrons. The molecule has 2 aromatic carbocycles. The van der Waals surface area contributed by atoms with Crippen molar-refractivity contribution in [2.45, 2.75) is 11.4 Å². The molecule has 0 radical (unpaired) electrons. The number of rotatable bonds is 6. The molecule has 0 saturated heterocycles. The number of aromatic amines is 1. The molecule has 0 bridgehead atoms. The quantitative estimate of drug-likeness (QED) is 0.291. The van der Waals surface area contributed by atoms with Crippen LogP contribution >= 0.6 is 11.8 Å². The minimum Gasteiger partial charge on any atom is -0.468 e. The maximum absolute atomic E-state index is 13.1. The topological polar surface area (TPSA) is 96.5 Å². The summed E-state index contributed by atoms with van der Waals surface area (Å²) >= 11 is 1.16. The maximum Gasteiger partial charge on any atom is 0.315 e. The largest absolute Gasteiger partial charge is 0.468 e.